The van der Waals surface area contributed by atoms with Crippen molar-refractivity contribution in [3.63, 3.8) is 0 Å². The fourth-order valence-corrected chi connectivity index (χ4v) is 1.56. The lowest BCUT2D eigenvalue weighted by atomic mass is 10.1. The lowest BCUT2D eigenvalue weighted by Crippen LogP contribution is -2.36. The summed E-state index contributed by atoms with van der Waals surface area (Å²) in [4.78, 5) is 24.3. The summed E-state index contributed by atoms with van der Waals surface area (Å²) >= 11 is 0. The molecule has 0 radical (unpaired) electrons. The average molecular weight is 250 g/mol. The van der Waals surface area contributed by atoms with Crippen molar-refractivity contribution in [3.8, 4) is 0 Å². The highest BCUT2D eigenvalue weighted by Gasteiger charge is 2.15. The number of carbonyl (C=O) groups excluding carboxylic acids is 2. The summed E-state index contributed by atoms with van der Waals surface area (Å²) in [6.07, 6.45) is 0. The predicted octanol–water partition coefficient (Wildman–Crippen LogP) is 0.256. The molecule has 1 atom stereocenters. The molecule has 6 heteroatoms. The van der Waals surface area contributed by atoms with Crippen LogP contribution in [-0.4, -0.2) is 36.9 Å². The second kappa shape index (κ2) is 5.39. The van der Waals surface area contributed by atoms with Crippen molar-refractivity contribution >= 4 is 23.2 Å². The number of nitrogens with zero attached hydrogens (tertiary/aromatic N) is 1. The molecule has 0 bridgehead atoms. The molecule has 2 amide bonds. The topological polar surface area (TPSA) is 101 Å². The first-order valence-electron chi connectivity index (χ1n) is 5.50. The van der Waals surface area contributed by atoms with Gasteiger partial charge in [-0.3, -0.25) is 9.59 Å². The minimum atomic E-state index is -0.595. The van der Waals surface area contributed by atoms with Gasteiger partial charge in [0.05, 0.1) is 5.56 Å². The highest BCUT2D eigenvalue weighted by atomic mass is 16.2. The maximum atomic E-state index is 11.7. The van der Waals surface area contributed by atoms with Gasteiger partial charge in [0.25, 0.3) is 5.91 Å². The van der Waals surface area contributed by atoms with E-state index in [1.165, 1.54) is 11.0 Å². The van der Waals surface area contributed by atoms with Crippen LogP contribution in [0.4, 0.5) is 11.4 Å². The molecule has 1 aromatic rings. The molecule has 0 aliphatic heterocycles. The van der Waals surface area contributed by atoms with Crippen LogP contribution in [0.3, 0.4) is 0 Å². The van der Waals surface area contributed by atoms with Crippen molar-refractivity contribution in [2.24, 2.45) is 5.73 Å². The van der Waals surface area contributed by atoms with E-state index in [0.29, 0.717) is 11.4 Å². The minimum Gasteiger partial charge on any atom is -0.398 e. The molecule has 98 valence electrons. The largest absolute Gasteiger partial charge is 0.398 e. The molecule has 0 aliphatic carbocycles. The van der Waals surface area contributed by atoms with Crippen LogP contribution < -0.4 is 16.8 Å². The van der Waals surface area contributed by atoms with E-state index in [9.17, 15) is 9.59 Å². The van der Waals surface area contributed by atoms with E-state index in [4.69, 9.17) is 11.5 Å². The molecule has 0 aliphatic rings. The molecule has 0 spiro atoms. The van der Waals surface area contributed by atoms with Gasteiger partial charge in [0, 0.05) is 25.5 Å². The molecule has 0 saturated carbocycles. The fraction of sp³-hybridized carbons (Fsp3) is 0.333. The van der Waals surface area contributed by atoms with Crippen LogP contribution in [0.15, 0.2) is 18.2 Å². The molecular weight excluding hydrogens is 232 g/mol. The Kier molecular flexibility index (Phi) is 4.14. The van der Waals surface area contributed by atoms with Gasteiger partial charge < -0.3 is 21.7 Å². The Hall–Kier alpha value is -2.24. The number of anilines is 2. The van der Waals surface area contributed by atoms with Gasteiger partial charge in [0.2, 0.25) is 5.91 Å². The van der Waals surface area contributed by atoms with Crippen molar-refractivity contribution in [1.82, 2.24) is 4.90 Å². The van der Waals surface area contributed by atoms with Gasteiger partial charge >= 0.3 is 0 Å². The van der Waals surface area contributed by atoms with E-state index >= 15 is 0 Å². The number of primary amides is 1. The number of benzene rings is 1. The molecule has 0 aromatic heterocycles. The quantitative estimate of drug-likeness (QED) is 0.667. The summed E-state index contributed by atoms with van der Waals surface area (Å²) < 4.78 is 0. The Bertz CT molecular complexity index is 471. The zero-order chi connectivity index (χ0) is 13.9. The van der Waals surface area contributed by atoms with Gasteiger partial charge in [-0.25, -0.2) is 0 Å². The number of carbonyl (C=O) groups is 2. The first-order valence-corrected chi connectivity index (χ1v) is 5.50. The molecule has 6 nitrogen and oxygen atoms in total. The lowest BCUT2D eigenvalue weighted by molar-refractivity contribution is -0.129. The van der Waals surface area contributed by atoms with Gasteiger partial charge in [0.15, 0.2) is 0 Å². The van der Waals surface area contributed by atoms with Gasteiger partial charge in [-0.05, 0) is 25.1 Å². The number of nitrogens with one attached hydrogen (secondary N) is 1. The molecular formula is C12H18N4O2. The van der Waals surface area contributed by atoms with Gasteiger partial charge in [-0.15, -0.1) is 0 Å². The SMILES string of the molecule is CC(Nc1ccc(N)c(C(N)=O)c1)C(=O)N(C)C. The first-order chi connectivity index (χ1) is 8.32. The monoisotopic (exact) mass is 250 g/mol. The van der Waals surface area contributed by atoms with E-state index in [1.54, 1.807) is 33.2 Å². The Balaban J connectivity index is 2.89. The zero-order valence-corrected chi connectivity index (χ0v) is 10.7. The average Bonchev–Trinajstić information content (AvgIpc) is 2.29. The standard InChI is InChI=1S/C12H18N4O2/c1-7(12(18)16(2)3)15-8-4-5-10(13)9(6-8)11(14)17/h4-7,15H,13H2,1-3H3,(H2,14,17). The molecule has 1 aromatic carbocycles. The van der Waals surface area contributed by atoms with Crippen LogP contribution in [0.2, 0.25) is 0 Å². The van der Waals surface area contributed by atoms with E-state index in [1.807, 2.05) is 0 Å². The molecule has 0 saturated heterocycles. The molecule has 0 heterocycles. The zero-order valence-electron chi connectivity index (χ0n) is 10.7. The van der Waals surface area contributed by atoms with E-state index in [-0.39, 0.29) is 11.5 Å². The Morgan fingerprint density at radius 1 is 1.33 bits per heavy atom. The molecule has 5 N–H and O–H groups in total. The van der Waals surface area contributed by atoms with Crippen LogP contribution >= 0.6 is 0 Å². The summed E-state index contributed by atoms with van der Waals surface area (Å²) in [6, 6.07) is 4.41. The van der Waals surface area contributed by atoms with Crippen LogP contribution in [0.1, 0.15) is 17.3 Å². The van der Waals surface area contributed by atoms with Crippen LogP contribution in [0.25, 0.3) is 0 Å². The Labute approximate surface area is 106 Å². The smallest absolute Gasteiger partial charge is 0.250 e. The summed E-state index contributed by atoms with van der Waals surface area (Å²) in [6.45, 7) is 1.74. The Morgan fingerprint density at radius 2 is 1.94 bits per heavy atom. The van der Waals surface area contributed by atoms with Crippen molar-refractivity contribution in [2.75, 3.05) is 25.1 Å². The van der Waals surface area contributed by atoms with E-state index in [0.717, 1.165) is 0 Å². The number of likely N-dealkylation sites (N-methyl/N-ethyl adjacent to an activating group) is 1. The van der Waals surface area contributed by atoms with Crippen LogP contribution in [0.5, 0.6) is 0 Å². The van der Waals surface area contributed by atoms with Gasteiger partial charge in [0.1, 0.15) is 6.04 Å². The summed E-state index contributed by atoms with van der Waals surface area (Å²) in [5.74, 6) is -0.657. The van der Waals surface area contributed by atoms with E-state index in [2.05, 4.69) is 5.32 Å². The normalized spacial score (nSPS) is 11.7. The third-order valence-electron chi connectivity index (χ3n) is 2.51. The van der Waals surface area contributed by atoms with Crippen molar-refractivity contribution < 1.29 is 9.59 Å². The van der Waals surface area contributed by atoms with Gasteiger partial charge in [-0.1, -0.05) is 0 Å². The van der Waals surface area contributed by atoms with Gasteiger partial charge in [-0.2, -0.15) is 0 Å². The van der Waals surface area contributed by atoms with Crippen LogP contribution in [0, 0.1) is 0 Å². The third-order valence-corrected chi connectivity index (χ3v) is 2.51. The molecule has 18 heavy (non-hydrogen) atoms. The minimum absolute atomic E-state index is 0.0625. The number of nitrogen functional groups attached to an aromatic ring is 1. The second-order valence-corrected chi connectivity index (χ2v) is 4.26. The predicted molar refractivity (Wildman–Crippen MR) is 71.2 cm³/mol. The maximum absolute atomic E-state index is 11.7. The first kappa shape index (κ1) is 13.8. The van der Waals surface area contributed by atoms with Crippen molar-refractivity contribution in [2.45, 2.75) is 13.0 Å². The molecule has 1 unspecified atom stereocenters. The fourth-order valence-electron chi connectivity index (χ4n) is 1.56. The maximum Gasteiger partial charge on any atom is 0.250 e. The summed E-state index contributed by atoms with van der Waals surface area (Å²) in [5.41, 5.74) is 12.0. The number of hydrogen-bond donors (Lipinski definition) is 3. The number of amides is 2. The lowest BCUT2D eigenvalue weighted by Gasteiger charge is -2.19. The highest BCUT2D eigenvalue weighted by Crippen LogP contribution is 2.18. The highest BCUT2D eigenvalue weighted by molar-refractivity contribution is 5.99. The van der Waals surface area contributed by atoms with E-state index < -0.39 is 11.9 Å². The second-order valence-electron chi connectivity index (χ2n) is 4.26. The number of hydrogen-bond acceptors (Lipinski definition) is 4. The van der Waals surface area contributed by atoms with Crippen molar-refractivity contribution in [3.05, 3.63) is 23.8 Å². The summed E-state index contributed by atoms with van der Waals surface area (Å²) in [5, 5.41) is 2.99. The van der Waals surface area contributed by atoms with Crippen LogP contribution in [-0.2, 0) is 4.79 Å². The molecule has 0 fully saturated rings. The Morgan fingerprint density at radius 3 is 2.44 bits per heavy atom. The number of nitrogens with two attached hydrogens (primary N) is 2. The number of rotatable bonds is 4. The third kappa shape index (κ3) is 3.13. The summed E-state index contributed by atoms with van der Waals surface area (Å²) in [7, 11) is 3.36. The molecule has 1 rings (SSSR count). The van der Waals surface area contributed by atoms with Crippen molar-refractivity contribution in [1.29, 1.82) is 0 Å².